The Hall–Kier alpha value is -2.15. The summed E-state index contributed by atoms with van der Waals surface area (Å²) in [6, 6.07) is 3.27. The molecule has 86 valence electrons. The van der Waals surface area contributed by atoms with E-state index in [0.717, 1.165) is 0 Å². The summed E-state index contributed by atoms with van der Waals surface area (Å²) < 4.78 is 0. The van der Waals surface area contributed by atoms with E-state index in [-0.39, 0.29) is 13.0 Å². The van der Waals surface area contributed by atoms with Crippen LogP contribution in [0.1, 0.15) is 5.69 Å². The number of nitrogens with zero attached hydrogens (tertiary/aromatic N) is 1. The van der Waals surface area contributed by atoms with E-state index in [1.807, 2.05) is 0 Å². The Labute approximate surface area is 91.7 Å². The van der Waals surface area contributed by atoms with E-state index in [0.29, 0.717) is 11.4 Å². The minimum atomic E-state index is -0.661. The number of hydroxylamine groups is 1. The van der Waals surface area contributed by atoms with Crippen molar-refractivity contribution in [2.75, 3.05) is 12.3 Å². The van der Waals surface area contributed by atoms with Crippen molar-refractivity contribution in [2.45, 2.75) is 6.42 Å². The Morgan fingerprint density at radius 1 is 1.44 bits per heavy atom. The fraction of sp³-hybridized carbons (Fsp3) is 0.222. The maximum absolute atomic E-state index is 11.2. The van der Waals surface area contributed by atoms with Crippen LogP contribution >= 0.6 is 0 Å². The topological polar surface area (TPSA) is 120 Å². The van der Waals surface area contributed by atoms with Crippen LogP contribution in [0.5, 0.6) is 0 Å². The zero-order chi connectivity index (χ0) is 12.0. The lowest BCUT2D eigenvalue weighted by Crippen LogP contribution is -2.30. The first-order valence-electron chi connectivity index (χ1n) is 4.47. The molecule has 7 nitrogen and oxygen atoms in total. The Morgan fingerprint density at radius 2 is 2.19 bits per heavy atom. The number of rotatable bonds is 5. The maximum Gasteiger partial charge on any atom is 0.249 e. The first-order chi connectivity index (χ1) is 7.58. The number of hydrogen-bond donors (Lipinski definition) is 3. The van der Waals surface area contributed by atoms with Crippen molar-refractivity contribution in [1.82, 2.24) is 10.5 Å². The molecular formula is C9H12N4O3. The lowest BCUT2D eigenvalue weighted by Gasteiger charge is -2.03. The molecule has 1 aromatic heterocycles. The van der Waals surface area contributed by atoms with Gasteiger partial charge in [0.1, 0.15) is 0 Å². The molecule has 0 aliphatic carbocycles. The highest BCUT2D eigenvalue weighted by atomic mass is 16.7. The summed E-state index contributed by atoms with van der Waals surface area (Å²) in [5.41, 5.74) is 13.4. The van der Waals surface area contributed by atoms with E-state index in [1.165, 1.54) is 6.20 Å². The minimum absolute atomic E-state index is 0.0407. The van der Waals surface area contributed by atoms with Crippen molar-refractivity contribution in [2.24, 2.45) is 5.73 Å². The van der Waals surface area contributed by atoms with Crippen LogP contribution in [-0.2, 0) is 20.8 Å². The quantitative estimate of drug-likeness (QED) is 0.539. The fourth-order valence-corrected chi connectivity index (χ4v) is 0.929. The lowest BCUT2D eigenvalue weighted by molar-refractivity contribution is -0.137. The third-order valence-corrected chi connectivity index (χ3v) is 1.59. The average molecular weight is 224 g/mol. The fourth-order valence-electron chi connectivity index (χ4n) is 0.929. The Morgan fingerprint density at radius 3 is 2.75 bits per heavy atom. The molecule has 2 amide bonds. The van der Waals surface area contributed by atoms with Crippen LogP contribution in [0.4, 0.5) is 5.69 Å². The van der Waals surface area contributed by atoms with Crippen molar-refractivity contribution < 1.29 is 14.4 Å². The molecule has 0 radical (unpaired) electrons. The highest BCUT2D eigenvalue weighted by Gasteiger charge is 2.04. The molecule has 0 unspecified atom stereocenters. The SMILES string of the molecule is NC(=O)CONC(=O)Cc1ccc(N)cn1. The Balaban J connectivity index is 2.34. The second kappa shape index (κ2) is 5.66. The van der Waals surface area contributed by atoms with E-state index in [4.69, 9.17) is 11.5 Å². The number of amides is 2. The van der Waals surface area contributed by atoms with Crippen molar-refractivity contribution in [3.63, 3.8) is 0 Å². The van der Waals surface area contributed by atoms with Crippen LogP contribution < -0.4 is 16.9 Å². The van der Waals surface area contributed by atoms with Crippen LogP contribution in [0.2, 0.25) is 0 Å². The number of nitrogens with one attached hydrogen (secondary N) is 1. The van der Waals surface area contributed by atoms with Gasteiger partial charge < -0.3 is 11.5 Å². The minimum Gasteiger partial charge on any atom is -0.397 e. The number of carbonyl (C=O) groups excluding carboxylic acids is 2. The average Bonchev–Trinajstić information content (AvgIpc) is 2.21. The van der Waals surface area contributed by atoms with Gasteiger partial charge in [-0.1, -0.05) is 0 Å². The number of nitrogens with two attached hydrogens (primary N) is 2. The van der Waals surface area contributed by atoms with Crippen LogP contribution in [0, 0.1) is 0 Å². The summed E-state index contributed by atoms with van der Waals surface area (Å²) in [5, 5.41) is 0. The van der Waals surface area contributed by atoms with Gasteiger partial charge in [-0.15, -0.1) is 0 Å². The van der Waals surface area contributed by atoms with Gasteiger partial charge in [-0.05, 0) is 12.1 Å². The van der Waals surface area contributed by atoms with Crippen molar-refractivity contribution in [1.29, 1.82) is 0 Å². The third kappa shape index (κ3) is 4.38. The molecule has 0 fully saturated rings. The number of primary amides is 1. The zero-order valence-electron chi connectivity index (χ0n) is 8.47. The Kier molecular flexibility index (Phi) is 4.22. The maximum atomic E-state index is 11.2. The van der Waals surface area contributed by atoms with Crippen LogP contribution in [0.25, 0.3) is 0 Å². The largest absolute Gasteiger partial charge is 0.397 e. The first kappa shape index (κ1) is 11.9. The summed E-state index contributed by atoms with van der Waals surface area (Å²) in [4.78, 5) is 30.0. The van der Waals surface area contributed by atoms with Crippen LogP contribution in [-0.4, -0.2) is 23.4 Å². The second-order valence-electron chi connectivity index (χ2n) is 3.04. The molecule has 1 aromatic rings. The van der Waals surface area contributed by atoms with Gasteiger partial charge in [0, 0.05) is 5.69 Å². The summed E-state index contributed by atoms with van der Waals surface area (Å²) in [6.07, 6.45) is 1.49. The molecule has 0 aromatic carbocycles. The molecule has 0 aliphatic heterocycles. The molecule has 1 heterocycles. The molecule has 7 heteroatoms. The summed E-state index contributed by atoms with van der Waals surface area (Å²) in [6.45, 7) is -0.360. The van der Waals surface area contributed by atoms with E-state index >= 15 is 0 Å². The van der Waals surface area contributed by atoms with Gasteiger partial charge in [0.05, 0.1) is 18.3 Å². The lowest BCUT2D eigenvalue weighted by atomic mass is 10.2. The number of nitrogen functional groups attached to an aromatic ring is 1. The Bertz CT molecular complexity index is 377. The molecule has 0 bridgehead atoms. The van der Waals surface area contributed by atoms with Crippen molar-refractivity contribution in [3.05, 3.63) is 24.0 Å². The van der Waals surface area contributed by atoms with Gasteiger partial charge in [0.25, 0.3) is 0 Å². The first-order valence-corrected chi connectivity index (χ1v) is 4.47. The van der Waals surface area contributed by atoms with Gasteiger partial charge in [0.2, 0.25) is 11.8 Å². The van der Waals surface area contributed by atoms with Gasteiger partial charge in [-0.2, -0.15) is 0 Å². The molecule has 0 aliphatic rings. The summed E-state index contributed by atoms with van der Waals surface area (Å²) in [7, 11) is 0. The number of carbonyl (C=O) groups is 2. The second-order valence-corrected chi connectivity index (χ2v) is 3.04. The van der Waals surface area contributed by atoms with Gasteiger partial charge in [-0.25, -0.2) is 5.48 Å². The van der Waals surface area contributed by atoms with Crippen LogP contribution in [0.15, 0.2) is 18.3 Å². The number of pyridine rings is 1. The normalized spacial score (nSPS) is 9.75. The van der Waals surface area contributed by atoms with Crippen LogP contribution in [0.3, 0.4) is 0 Å². The van der Waals surface area contributed by atoms with Gasteiger partial charge in [-0.3, -0.25) is 19.4 Å². The summed E-state index contributed by atoms with van der Waals surface area (Å²) >= 11 is 0. The van der Waals surface area contributed by atoms with E-state index in [9.17, 15) is 9.59 Å². The summed E-state index contributed by atoms with van der Waals surface area (Å²) in [5.74, 6) is -1.08. The predicted molar refractivity (Wildman–Crippen MR) is 55.6 cm³/mol. The zero-order valence-corrected chi connectivity index (χ0v) is 8.47. The van der Waals surface area contributed by atoms with Crippen molar-refractivity contribution in [3.8, 4) is 0 Å². The third-order valence-electron chi connectivity index (χ3n) is 1.59. The van der Waals surface area contributed by atoms with E-state index in [1.54, 1.807) is 12.1 Å². The molecule has 16 heavy (non-hydrogen) atoms. The standard InChI is InChI=1S/C9H12N4O3/c10-6-1-2-7(12-4-6)3-9(15)13-16-5-8(11)14/h1-2,4H,3,5,10H2,(H2,11,14)(H,13,15). The molecular weight excluding hydrogens is 212 g/mol. The van der Waals surface area contributed by atoms with Crippen molar-refractivity contribution >= 4 is 17.5 Å². The molecule has 0 atom stereocenters. The van der Waals surface area contributed by atoms with Gasteiger partial charge >= 0.3 is 0 Å². The predicted octanol–water partition coefficient (Wildman–Crippen LogP) is -1.26. The van der Waals surface area contributed by atoms with E-state index < -0.39 is 11.8 Å². The highest BCUT2D eigenvalue weighted by Crippen LogP contribution is 2.01. The molecule has 0 saturated heterocycles. The number of aromatic nitrogens is 1. The molecule has 0 saturated carbocycles. The highest BCUT2D eigenvalue weighted by molar-refractivity contribution is 5.78. The number of hydrogen-bond acceptors (Lipinski definition) is 5. The smallest absolute Gasteiger partial charge is 0.249 e. The molecule has 0 spiro atoms. The number of anilines is 1. The monoisotopic (exact) mass is 224 g/mol. The van der Waals surface area contributed by atoms with Gasteiger partial charge in [0.15, 0.2) is 6.61 Å². The van der Waals surface area contributed by atoms with E-state index in [2.05, 4.69) is 15.3 Å². The molecule has 5 N–H and O–H groups in total. The molecule has 1 rings (SSSR count).